The summed E-state index contributed by atoms with van der Waals surface area (Å²) in [7, 11) is 0. The second-order valence-corrected chi connectivity index (χ2v) is 3.71. The highest BCUT2D eigenvalue weighted by molar-refractivity contribution is 5.93. The zero-order valence-electron chi connectivity index (χ0n) is 7.59. The van der Waals surface area contributed by atoms with E-state index < -0.39 is 6.10 Å². The second kappa shape index (κ2) is 3.67. The van der Waals surface area contributed by atoms with Gasteiger partial charge in [-0.3, -0.25) is 4.79 Å². The Labute approximate surface area is 67.9 Å². The Kier molecular flexibility index (Phi) is 3.46. The average Bonchev–Trinajstić information content (AvgIpc) is 1.80. The molecule has 0 saturated carbocycles. The zero-order chi connectivity index (χ0) is 9.07. The van der Waals surface area contributed by atoms with Crippen LogP contribution in [0.25, 0.3) is 0 Å². The lowest BCUT2D eigenvalue weighted by Gasteiger charge is -2.12. The first kappa shape index (κ1) is 10.4. The summed E-state index contributed by atoms with van der Waals surface area (Å²) in [5.74, 6) is 0.0402. The number of hydrogen-bond acceptors (Lipinski definition) is 2. The van der Waals surface area contributed by atoms with E-state index in [4.69, 9.17) is 5.11 Å². The van der Waals surface area contributed by atoms with Gasteiger partial charge in [0.2, 0.25) is 0 Å². The Morgan fingerprint density at radius 1 is 1.45 bits per heavy atom. The topological polar surface area (TPSA) is 37.3 Å². The minimum atomic E-state index is -0.540. The molecule has 0 saturated heterocycles. The molecule has 2 nitrogen and oxygen atoms in total. The third kappa shape index (κ3) is 4.73. The van der Waals surface area contributed by atoms with E-state index in [-0.39, 0.29) is 11.2 Å². The van der Waals surface area contributed by atoms with Gasteiger partial charge in [0, 0.05) is 5.41 Å². The lowest BCUT2D eigenvalue weighted by molar-refractivity contribution is -0.121. The summed E-state index contributed by atoms with van der Waals surface area (Å²) in [5, 5.41) is 8.83. The van der Waals surface area contributed by atoms with Gasteiger partial charge in [0.1, 0.15) is 0 Å². The standard InChI is InChI=1S/C9H16O2/c1-7(10)5-6-8(11)9(2,3)4/h5-7,10H,1-4H3/b6-5+. The number of rotatable bonds is 2. The van der Waals surface area contributed by atoms with Gasteiger partial charge in [0.05, 0.1) is 6.10 Å². The highest BCUT2D eigenvalue weighted by Crippen LogP contribution is 2.14. The molecule has 0 aliphatic rings. The van der Waals surface area contributed by atoms with E-state index in [2.05, 4.69) is 0 Å². The fraction of sp³-hybridized carbons (Fsp3) is 0.667. The van der Waals surface area contributed by atoms with Crippen LogP contribution in [0.5, 0.6) is 0 Å². The minimum absolute atomic E-state index is 0.0402. The van der Waals surface area contributed by atoms with Crippen molar-refractivity contribution in [3.05, 3.63) is 12.2 Å². The molecule has 64 valence electrons. The van der Waals surface area contributed by atoms with Crippen molar-refractivity contribution in [1.82, 2.24) is 0 Å². The number of allylic oxidation sites excluding steroid dienone is 1. The third-order valence-electron chi connectivity index (χ3n) is 1.27. The van der Waals surface area contributed by atoms with E-state index in [9.17, 15) is 4.79 Å². The zero-order valence-corrected chi connectivity index (χ0v) is 7.59. The van der Waals surface area contributed by atoms with Gasteiger partial charge >= 0.3 is 0 Å². The predicted octanol–water partition coefficient (Wildman–Crippen LogP) is 1.54. The lowest BCUT2D eigenvalue weighted by atomic mass is 9.90. The Bertz CT molecular complexity index is 161. The normalized spacial score (nSPS) is 15.4. The highest BCUT2D eigenvalue weighted by Gasteiger charge is 2.17. The number of aliphatic hydroxyl groups is 1. The van der Waals surface area contributed by atoms with E-state index >= 15 is 0 Å². The van der Waals surface area contributed by atoms with Crippen LogP contribution in [-0.2, 0) is 4.79 Å². The van der Waals surface area contributed by atoms with Crippen LogP contribution in [0.4, 0.5) is 0 Å². The molecule has 0 heterocycles. The van der Waals surface area contributed by atoms with E-state index in [0.717, 1.165) is 0 Å². The first-order chi connectivity index (χ1) is 4.84. The first-order valence-corrected chi connectivity index (χ1v) is 3.75. The van der Waals surface area contributed by atoms with E-state index in [0.29, 0.717) is 0 Å². The third-order valence-corrected chi connectivity index (χ3v) is 1.27. The number of carbonyl (C=O) groups is 1. The SMILES string of the molecule is CC(O)/C=C/C(=O)C(C)(C)C. The molecule has 0 aromatic carbocycles. The summed E-state index contributed by atoms with van der Waals surface area (Å²) in [5.41, 5.74) is -0.342. The molecule has 1 unspecified atom stereocenters. The second-order valence-electron chi connectivity index (χ2n) is 3.71. The van der Waals surface area contributed by atoms with Gasteiger partial charge in [-0.1, -0.05) is 26.8 Å². The molecule has 0 aromatic heterocycles. The summed E-state index contributed by atoms with van der Waals surface area (Å²) in [6.07, 6.45) is 2.39. The van der Waals surface area contributed by atoms with Crippen molar-refractivity contribution in [2.24, 2.45) is 5.41 Å². The fourth-order valence-corrected chi connectivity index (χ4v) is 0.477. The molecule has 0 amide bonds. The Balaban J connectivity index is 4.09. The van der Waals surface area contributed by atoms with Crippen molar-refractivity contribution in [2.45, 2.75) is 33.8 Å². The van der Waals surface area contributed by atoms with E-state index in [1.54, 1.807) is 6.92 Å². The van der Waals surface area contributed by atoms with Crippen LogP contribution in [-0.4, -0.2) is 17.0 Å². The summed E-state index contributed by atoms with van der Waals surface area (Å²) < 4.78 is 0. The number of carbonyl (C=O) groups excluding carboxylic acids is 1. The van der Waals surface area contributed by atoms with Crippen LogP contribution >= 0.6 is 0 Å². The summed E-state index contributed by atoms with van der Waals surface area (Å²) in [6, 6.07) is 0. The van der Waals surface area contributed by atoms with Crippen molar-refractivity contribution in [3.8, 4) is 0 Å². The molecule has 1 N–H and O–H groups in total. The number of ketones is 1. The molecule has 0 spiro atoms. The first-order valence-electron chi connectivity index (χ1n) is 3.75. The number of hydrogen-bond donors (Lipinski definition) is 1. The summed E-state index contributed by atoms with van der Waals surface area (Å²) in [6.45, 7) is 7.16. The van der Waals surface area contributed by atoms with Crippen molar-refractivity contribution in [3.63, 3.8) is 0 Å². The molecule has 0 aromatic rings. The van der Waals surface area contributed by atoms with Crippen molar-refractivity contribution >= 4 is 5.78 Å². The minimum Gasteiger partial charge on any atom is -0.389 e. The average molecular weight is 156 g/mol. The summed E-state index contributed by atoms with van der Waals surface area (Å²) in [4.78, 5) is 11.2. The molecule has 0 fully saturated rings. The molecule has 1 atom stereocenters. The van der Waals surface area contributed by atoms with Crippen molar-refractivity contribution in [1.29, 1.82) is 0 Å². The van der Waals surface area contributed by atoms with Crippen LogP contribution in [0.2, 0.25) is 0 Å². The van der Waals surface area contributed by atoms with Crippen LogP contribution < -0.4 is 0 Å². The van der Waals surface area contributed by atoms with Gasteiger partial charge in [-0.05, 0) is 13.0 Å². The quantitative estimate of drug-likeness (QED) is 0.616. The number of aliphatic hydroxyl groups excluding tert-OH is 1. The van der Waals surface area contributed by atoms with Crippen LogP contribution in [0.3, 0.4) is 0 Å². The van der Waals surface area contributed by atoms with Crippen molar-refractivity contribution < 1.29 is 9.90 Å². The molecule has 0 bridgehead atoms. The smallest absolute Gasteiger partial charge is 0.160 e. The lowest BCUT2D eigenvalue weighted by Crippen LogP contribution is -2.17. The molecule has 0 aliphatic heterocycles. The van der Waals surface area contributed by atoms with Crippen LogP contribution in [0.15, 0.2) is 12.2 Å². The van der Waals surface area contributed by atoms with Gasteiger partial charge in [0.25, 0.3) is 0 Å². The Morgan fingerprint density at radius 2 is 1.91 bits per heavy atom. The van der Waals surface area contributed by atoms with Crippen molar-refractivity contribution in [2.75, 3.05) is 0 Å². The predicted molar refractivity (Wildman–Crippen MR) is 45.3 cm³/mol. The molecule has 2 heteroatoms. The van der Waals surface area contributed by atoms with Gasteiger partial charge < -0.3 is 5.11 Å². The van der Waals surface area contributed by atoms with E-state index in [1.165, 1.54) is 12.2 Å². The van der Waals surface area contributed by atoms with Gasteiger partial charge in [-0.15, -0.1) is 0 Å². The maximum absolute atomic E-state index is 11.2. The molecule has 0 aliphatic carbocycles. The van der Waals surface area contributed by atoms with E-state index in [1.807, 2.05) is 20.8 Å². The Hall–Kier alpha value is -0.630. The van der Waals surface area contributed by atoms with Crippen LogP contribution in [0.1, 0.15) is 27.7 Å². The Morgan fingerprint density at radius 3 is 2.18 bits per heavy atom. The molecule has 0 rings (SSSR count). The molecule has 0 radical (unpaired) electrons. The van der Waals surface area contributed by atoms with Crippen LogP contribution in [0, 0.1) is 5.41 Å². The van der Waals surface area contributed by atoms with Gasteiger partial charge in [0.15, 0.2) is 5.78 Å². The molecular formula is C9H16O2. The maximum atomic E-state index is 11.2. The molecule has 11 heavy (non-hydrogen) atoms. The maximum Gasteiger partial charge on any atom is 0.160 e. The van der Waals surface area contributed by atoms with Gasteiger partial charge in [-0.2, -0.15) is 0 Å². The molecular weight excluding hydrogens is 140 g/mol. The van der Waals surface area contributed by atoms with Gasteiger partial charge in [-0.25, -0.2) is 0 Å². The summed E-state index contributed by atoms with van der Waals surface area (Å²) >= 11 is 0. The monoisotopic (exact) mass is 156 g/mol. The largest absolute Gasteiger partial charge is 0.389 e. The fourth-order valence-electron chi connectivity index (χ4n) is 0.477. The highest BCUT2D eigenvalue weighted by atomic mass is 16.3.